The first kappa shape index (κ1) is 15.9. The molecule has 0 N–H and O–H groups in total. The molecule has 1 atom stereocenters. The van der Waals surface area contributed by atoms with Crippen molar-refractivity contribution in [1.29, 1.82) is 5.26 Å². The van der Waals surface area contributed by atoms with Gasteiger partial charge in [-0.1, -0.05) is 22.9 Å². The average molecular weight is 354 g/mol. The Hall–Kier alpha value is -1.45. The van der Waals surface area contributed by atoms with Crippen LogP contribution in [0.25, 0.3) is 0 Å². The second-order valence-electron chi connectivity index (χ2n) is 5.04. The Kier molecular flexibility index (Phi) is 5.32. The van der Waals surface area contributed by atoms with Crippen LogP contribution in [0.3, 0.4) is 0 Å². The molecule has 112 valence electrons. The van der Waals surface area contributed by atoms with Gasteiger partial charge in [-0.2, -0.15) is 5.26 Å². The summed E-state index contributed by atoms with van der Waals surface area (Å²) in [5.74, 6) is -0.596. The highest BCUT2D eigenvalue weighted by molar-refractivity contribution is 9.10. The van der Waals surface area contributed by atoms with E-state index in [2.05, 4.69) is 26.9 Å². The second-order valence-corrected chi connectivity index (χ2v) is 5.96. The number of carbonyl (C=O) groups excluding carboxylic acids is 1. The topological polar surface area (TPSA) is 47.3 Å². The lowest BCUT2D eigenvalue weighted by Gasteiger charge is -2.36. The number of amides is 1. The Labute approximate surface area is 132 Å². The van der Waals surface area contributed by atoms with Crippen LogP contribution in [0.4, 0.5) is 4.39 Å². The summed E-state index contributed by atoms with van der Waals surface area (Å²) in [6.45, 7) is 4.45. The highest BCUT2D eigenvalue weighted by Crippen LogP contribution is 2.18. The molecule has 2 rings (SSSR count). The predicted octanol–water partition coefficient (Wildman–Crippen LogP) is 2.65. The minimum atomic E-state index is -0.429. The Morgan fingerprint density at radius 1 is 1.38 bits per heavy atom. The second kappa shape index (κ2) is 7.01. The molecule has 1 heterocycles. The third-order valence-corrected chi connectivity index (χ3v) is 4.15. The van der Waals surface area contributed by atoms with Crippen molar-refractivity contribution in [2.75, 3.05) is 26.2 Å². The van der Waals surface area contributed by atoms with Crippen molar-refractivity contribution in [3.8, 4) is 6.07 Å². The van der Waals surface area contributed by atoms with Crippen LogP contribution in [0.5, 0.6) is 0 Å². The molecule has 1 aromatic rings. The molecule has 1 aliphatic heterocycles. The lowest BCUT2D eigenvalue weighted by molar-refractivity contribution is 0.0604. The van der Waals surface area contributed by atoms with Gasteiger partial charge in [-0.3, -0.25) is 9.69 Å². The van der Waals surface area contributed by atoms with Gasteiger partial charge in [0.1, 0.15) is 5.82 Å². The van der Waals surface area contributed by atoms with E-state index in [1.54, 1.807) is 11.0 Å². The lowest BCUT2D eigenvalue weighted by Crippen LogP contribution is -2.51. The van der Waals surface area contributed by atoms with Gasteiger partial charge in [0.25, 0.3) is 5.91 Å². The van der Waals surface area contributed by atoms with Crippen LogP contribution in [0.1, 0.15) is 23.7 Å². The maximum atomic E-state index is 13.4. The third kappa shape index (κ3) is 3.80. The molecule has 1 fully saturated rings. The highest BCUT2D eigenvalue weighted by atomic mass is 79.9. The molecule has 6 heteroatoms. The van der Waals surface area contributed by atoms with Crippen LogP contribution in [-0.4, -0.2) is 47.9 Å². The normalized spacial score (nSPS) is 17.3. The van der Waals surface area contributed by atoms with Gasteiger partial charge < -0.3 is 4.90 Å². The van der Waals surface area contributed by atoms with Crippen molar-refractivity contribution in [3.05, 3.63) is 34.1 Å². The first-order valence-electron chi connectivity index (χ1n) is 6.94. The summed E-state index contributed by atoms with van der Waals surface area (Å²) in [7, 11) is 0. The first-order chi connectivity index (χ1) is 10.0. The molecule has 0 radical (unpaired) electrons. The monoisotopic (exact) mass is 353 g/mol. The Morgan fingerprint density at radius 2 is 2.05 bits per heavy atom. The number of piperazine rings is 1. The van der Waals surface area contributed by atoms with E-state index in [4.69, 9.17) is 5.26 Å². The fourth-order valence-electron chi connectivity index (χ4n) is 2.53. The molecule has 1 unspecified atom stereocenters. The molecule has 1 amide bonds. The van der Waals surface area contributed by atoms with Gasteiger partial charge in [-0.25, -0.2) is 4.39 Å². The fourth-order valence-corrected chi connectivity index (χ4v) is 2.99. The molecule has 0 aromatic heterocycles. The summed E-state index contributed by atoms with van der Waals surface area (Å²) in [4.78, 5) is 16.2. The van der Waals surface area contributed by atoms with Gasteiger partial charge in [-0.15, -0.1) is 0 Å². The van der Waals surface area contributed by atoms with Crippen molar-refractivity contribution in [2.45, 2.75) is 19.4 Å². The predicted molar refractivity (Wildman–Crippen MR) is 81.3 cm³/mol. The lowest BCUT2D eigenvalue weighted by atomic mass is 10.1. The van der Waals surface area contributed by atoms with E-state index >= 15 is 0 Å². The summed E-state index contributed by atoms with van der Waals surface area (Å²) < 4.78 is 13.9. The Bertz CT molecular complexity index is 544. The first-order valence-corrected chi connectivity index (χ1v) is 7.73. The number of halogens is 2. The van der Waals surface area contributed by atoms with Crippen LogP contribution in [0.2, 0.25) is 0 Å². The maximum absolute atomic E-state index is 13.4. The van der Waals surface area contributed by atoms with Gasteiger partial charge in [0, 0.05) is 36.2 Å². The number of hydrogen-bond acceptors (Lipinski definition) is 3. The summed E-state index contributed by atoms with van der Waals surface area (Å²) in [5.41, 5.74) is 0.350. The number of hydrogen-bond donors (Lipinski definition) is 0. The Balaban J connectivity index is 2.02. The van der Waals surface area contributed by atoms with E-state index in [0.29, 0.717) is 36.2 Å². The molecule has 1 saturated heterocycles. The van der Waals surface area contributed by atoms with Crippen LogP contribution >= 0.6 is 15.9 Å². The fraction of sp³-hybridized carbons (Fsp3) is 0.467. The zero-order valence-electron chi connectivity index (χ0n) is 11.9. The average Bonchev–Trinajstić information content (AvgIpc) is 2.47. The molecule has 4 nitrogen and oxygen atoms in total. The third-order valence-electron chi connectivity index (χ3n) is 3.69. The number of nitriles is 1. The highest BCUT2D eigenvalue weighted by Gasteiger charge is 2.26. The van der Waals surface area contributed by atoms with Crippen molar-refractivity contribution in [1.82, 2.24) is 9.80 Å². The molecule has 0 spiro atoms. The zero-order valence-corrected chi connectivity index (χ0v) is 13.4. The van der Waals surface area contributed by atoms with Gasteiger partial charge in [0.05, 0.1) is 12.1 Å². The van der Waals surface area contributed by atoms with E-state index in [9.17, 15) is 9.18 Å². The van der Waals surface area contributed by atoms with Crippen molar-refractivity contribution in [2.24, 2.45) is 0 Å². The number of rotatable bonds is 3. The molecule has 1 aromatic carbocycles. The molecule has 21 heavy (non-hydrogen) atoms. The van der Waals surface area contributed by atoms with Gasteiger partial charge in [0.15, 0.2) is 0 Å². The number of benzene rings is 1. The van der Waals surface area contributed by atoms with E-state index in [1.807, 2.05) is 6.92 Å². The number of nitrogens with zero attached hydrogens (tertiary/aromatic N) is 3. The van der Waals surface area contributed by atoms with Gasteiger partial charge in [0.2, 0.25) is 0 Å². The van der Waals surface area contributed by atoms with E-state index in [1.165, 1.54) is 12.1 Å². The largest absolute Gasteiger partial charge is 0.336 e. The van der Waals surface area contributed by atoms with Gasteiger partial charge in [-0.05, 0) is 24.6 Å². The molecule has 0 aliphatic carbocycles. The van der Waals surface area contributed by atoms with Crippen LogP contribution in [0, 0.1) is 17.1 Å². The van der Waals surface area contributed by atoms with Crippen LogP contribution in [0.15, 0.2) is 22.7 Å². The van der Waals surface area contributed by atoms with Crippen LogP contribution < -0.4 is 0 Å². The van der Waals surface area contributed by atoms with Crippen molar-refractivity contribution >= 4 is 21.8 Å². The Morgan fingerprint density at radius 3 is 2.57 bits per heavy atom. The SMILES string of the molecule is CCC(C#N)N1CCN(C(=O)c2cc(F)cc(Br)c2)CC1. The smallest absolute Gasteiger partial charge is 0.254 e. The molecule has 0 bridgehead atoms. The van der Waals surface area contributed by atoms with Gasteiger partial charge >= 0.3 is 0 Å². The summed E-state index contributed by atoms with van der Waals surface area (Å²) in [6.07, 6.45) is 0.779. The minimum absolute atomic E-state index is 0.0921. The maximum Gasteiger partial charge on any atom is 0.254 e. The molecule has 1 aliphatic rings. The van der Waals surface area contributed by atoms with Crippen molar-refractivity contribution in [3.63, 3.8) is 0 Å². The van der Waals surface area contributed by atoms with Crippen molar-refractivity contribution < 1.29 is 9.18 Å². The van der Waals surface area contributed by atoms with E-state index in [0.717, 1.165) is 6.42 Å². The standard InChI is InChI=1S/C15H17BrFN3O/c1-2-14(10-18)19-3-5-20(6-4-19)15(21)11-7-12(16)9-13(17)8-11/h7-9,14H,2-6H2,1H3. The summed E-state index contributed by atoms with van der Waals surface area (Å²) in [5, 5.41) is 9.07. The number of carbonyl (C=O) groups is 1. The summed E-state index contributed by atoms with van der Waals surface area (Å²) in [6, 6.07) is 6.39. The van der Waals surface area contributed by atoms with E-state index in [-0.39, 0.29) is 11.9 Å². The van der Waals surface area contributed by atoms with E-state index < -0.39 is 5.82 Å². The molecular formula is C15H17BrFN3O. The minimum Gasteiger partial charge on any atom is -0.336 e. The quantitative estimate of drug-likeness (QED) is 0.839. The molecule has 0 saturated carbocycles. The summed E-state index contributed by atoms with van der Waals surface area (Å²) >= 11 is 3.20. The zero-order chi connectivity index (χ0) is 15.4. The van der Waals surface area contributed by atoms with Crippen LogP contribution in [-0.2, 0) is 0 Å². The molecular weight excluding hydrogens is 337 g/mol.